The van der Waals surface area contributed by atoms with Crippen LogP contribution in [0.5, 0.6) is 0 Å². The third-order valence-corrected chi connectivity index (χ3v) is 5.10. The van der Waals surface area contributed by atoms with Crippen LogP contribution in [0.3, 0.4) is 0 Å². The first-order chi connectivity index (χ1) is 9.98. The van der Waals surface area contributed by atoms with Crippen LogP contribution in [0.15, 0.2) is 24.4 Å². The topological polar surface area (TPSA) is 68.3 Å². The number of pyridine rings is 1. The Labute approximate surface area is 127 Å². The van der Waals surface area contributed by atoms with Crippen LogP contribution in [-0.4, -0.2) is 31.9 Å². The third kappa shape index (κ3) is 5.05. The number of aromatic nitrogens is 1. The van der Waals surface area contributed by atoms with E-state index in [-0.39, 0.29) is 23.8 Å². The maximum Gasteiger partial charge on any atom is 0.212 e. The molecule has 5 nitrogen and oxygen atoms in total. The lowest BCUT2D eigenvalue weighted by Crippen LogP contribution is -2.34. The molecule has 21 heavy (non-hydrogen) atoms. The Morgan fingerprint density at radius 1 is 1.43 bits per heavy atom. The van der Waals surface area contributed by atoms with Crippen LogP contribution in [0, 0.1) is 5.92 Å². The Bertz CT molecular complexity index is 525. The summed E-state index contributed by atoms with van der Waals surface area (Å²) in [5.41, 5.74) is 0.758. The molecule has 1 fully saturated rings. The molecule has 2 rings (SSSR count). The fraction of sp³-hybridized carbons (Fsp3) is 0.667. The number of hydrogen-bond acceptors (Lipinski definition) is 4. The molecule has 118 valence electrons. The maximum atomic E-state index is 12.3. The first-order valence-corrected chi connectivity index (χ1v) is 9.16. The van der Waals surface area contributed by atoms with Crippen LogP contribution in [-0.2, 0) is 14.8 Å². The van der Waals surface area contributed by atoms with E-state index in [9.17, 15) is 8.42 Å². The zero-order valence-electron chi connectivity index (χ0n) is 12.7. The number of sulfonamides is 1. The highest BCUT2D eigenvalue weighted by Crippen LogP contribution is 2.21. The summed E-state index contributed by atoms with van der Waals surface area (Å²) in [5.74, 6) is 0.241. The maximum absolute atomic E-state index is 12.3. The lowest BCUT2D eigenvalue weighted by Gasteiger charge is -2.22. The van der Waals surface area contributed by atoms with Crippen molar-refractivity contribution in [3.63, 3.8) is 0 Å². The summed E-state index contributed by atoms with van der Waals surface area (Å²) in [6.07, 6.45) is 4.33. The average molecular weight is 312 g/mol. The van der Waals surface area contributed by atoms with E-state index >= 15 is 0 Å². The van der Waals surface area contributed by atoms with Crippen molar-refractivity contribution in [1.29, 1.82) is 0 Å². The van der Waals surface area contributed by atoms with Gasteiger partial charge in [-0.25, -0.2) is 13.1 Å². The molecule has 6 heteroatoms. The number of ether oxygens (including phenoxy) is 1. The third-order valence-electron chi connectivity index (χ3n) is 3.71. The molecule has 0 unspecified atom stereocenters. The Morgan fingerprint density at radius 3 is 2.81 bits per heavy atom. The van der Waals surface area contributed by atoms with Crippen LogP contribution in [0.4, 0.5) is 0 Å². The van der Waals surface area contributed by atoms with E-state index in [1.807, 2.05) is 32.0 Å². The standard InChI is InChI=1S/C15H24N2O3S/c1-12(2)15(14-7-3-4-9-16-14)17-21(18,19)11-8-13-6-5-10-20-13/h3-4,7,9,12-13,15,17H,5-6,8,10-11H2,1-2H3/t13-,15-/m1/s1. The van der Waals surface area contributed by atoms with E-state index in [0.717, 1.165) is 25.1 Å². The van der Waals surface area contributed by atoms with Gasteiger partial charge in [-0.15, -0.1) is 0 Å². The quantitative estimate of drug-likeness (QED) is 0.838. The van der Waals surface area contributed by atoms with Gasteiger partial charge in [-0.05, 0) is 37.3 Å². The van der Waals surface area contributed by atoms with Crippen LogP contribution in [0.2, 0.25) is 0 Å². The fourth-order valence-electron chi connectivity index (χ4n) is 2.51. The van der Waals surface area contributed by atoms with Crippen molar-refractivity contribution in [1.82, 2.24) is 9.71 Å². The minimum absolute atomic E-state index is 0.0916. The average Bonchev–Trinajstić information content (AvgIpc) is 2.97. The minimum Gasteiger partial charge on any atom is -0.378 e. The van der Waals surface area contributed by atoms with Crippen LogP contribution in [0.1, 0.15) is 44.8 Å². The molecule has 0 aliphatic carbocycles. The second-order valence-electron chi connectivity index (χ2n) is 5.84. The molecule has 0 amide bonds. The molecular formula is C15H24N2O3S. The highest BCUT2D eigenvalue weighted by Gasteiger charge is 2.25. The second kappa shape index (κ2) is 7.33. The van der Waals surface area contributed by atoms with Crippen molar-refractivity contribution in [2.45, 2.75) is 45.3 Å². The molecule has 1 aliphatic rings. The molecular weight excluding hydrogens is 288 g/mol. The predicted molar refractivity (Wildman–Crippen MR) is 82.3 cm³/mol. The number of nitrogens with zero attached hydrogens (tertiary/aromatic N) is 1. The molecule has 1 N–H and O–H groups in total. The van der Waals surface area contributed by atoms with E-state index in [2.05, 4.69) is 9.71 Å². The Hall–Kier alpha value is -0.980. The monoisotopic (exact) mass is 312 g/mol. The van der Waals surface area contributed by atoms with Gasteiger partial charge in [-0.1, -0.05) is 19.9 Å². The zero-order valence-corrected chi connectivity index (χ0v) is 13.5. The van der Waals surface area contributed by atoms with E-state index in [1.54, 1.807) is 6.20 Å². The summed E-state index contributed by atoms with van der Waals surface area (Å²) < 4.78 is 32.8. The van der Waals surface area contributed by atoms with Gasteiger partial charge in [-0.2, -0.15) is 0 Å². The predicted octanol–water partition coefficient (Wildman–Crippen LogP) is 2.27. The first-order valence-electron chi connectivity index (χ1n) is 7.50. The van der Waals surface area contributed by atoms with E-state index in [4.69, 9.17) is 4.74 Å². The molecule has 0 aromatic carbocycles. The van der Waals surface area contributed by atoms with Crippen LogP contribution < -0.4 is 4.72 Å². The SMILES string of the molecule is CC(C)[C@@H](NS(=O)(=O)CC[C@H]1CCCO1)c1ccccn1. The summed E-state index contributed by atoms with van der Waals surface area (Å²) in [5, 5.41) is 0. The van der Waals surface area contributed by atoms with Crippen LogP contribution >= 0.6 is 0 Å². The van der Waals surface area contributed by atoms with Gasteiger partial charge in [-0.3, -0.25) is 4.98 Å². The summed E-state index contributed by atoms with van der Waals surface area (Å²) in [4.78, 5) is 4.27. The van der Waals surface area contributed by atoms with Gasteiger partial charge >= 0.3 is 0 Å². The van der Waals surface area contributed by atoms with Gasteiger partial charge < -0.3 is 4.74 Å². The largest absolute Gasteiger partial charge is 0.378 e. The van der Waals surface area contributed by atoms with Gasteiger partial charge in [0.1, 0.15) is 0 Å². The van der Waals surface area contributed by atoms with Gasteiger partial charge in [0.15, 0.2) is 0 Å². The molecule has 1 aromatic heterocycles. The van der Waals surface area contributed by atoms with Gasteiger partial charge in [0, 0.05) is 12.8 Å². The first kappa shape index (κ1) is 16.4. The van der Waals surface area contributed by atoms with Crippen molar-refractivity contribution in [2.24, 2.45) is 5.92 Å². The summed E-state index contributed by atoms with van der Waals surface area (Å²) in [6.45, 7) is 4.73. The van der Waals surface area contributed by atoms with Gasteiger partial charge in [0.25, 0.3) is 0 Å². The molecule has 0 spiro atoms. The molecule has 2 heterocycles. The van der Waals surface area contributed by atoms with Crippen molar-refractivity contribution in [3.05, 3.63) is 30.1 Å². The number of hydrogen-bond donors (Lipinski definition) is 1. The van der Waals surface area contributed by atoms with Crippen molar-refractivity contribution < 1.29 is 13.2 Å². The van der Waals surface area contributed by atoms with Gasteiger partial charge in [0.2, 0.25) is 10.0 Å². The molecule has 2 atom stereocenters. The molecule has 0 radical (unpaired) electrons. The van der Waals surface area contributed by atoms with Gasteiger partial charge in [0.05, 0.1) is 23.6 Å². The highest BCUT2D eigenvalue weighted by atomic mass is 32.2. The second-order valence-corrected chi connectivity index (χ2v) is 7.71. The Morgan fingerprint density at radius 2 is 2.24 bits per heavy atom. The van der Waals surface area contributed by atoms with Crippen molar-refractivity contribution in [3.8, 4) is 0 Å². The van der Waals surface area contributed by atoms with E-state index in [1.165, 1.54) is 0 Å². The zero-order chi connectivity index (χ0) is 15.3. The normalized spacial score (nSPS) is 20.8. The molecule has 1 saturated heterocycles. The lowest BCUT2D eigenvalue weighted by molar-refractivity contribution is 0.108. The molecule has 0 saturated carbocycles. The Balaban J connectivity index is 1.98. The number of nitrogens with one attached hydrogen (secondary N) is 1. The Kier molecular flexibility index (Phi) is 5.72. The molecule has 1 aromatic rings. The van der Waals surface area contributed by atoms with Crippen molar-refractivity contribution >= 4 is 10.0 Å². The van der Waals surface area contributed by atoms with Crippen molar-refractivity contribution in [2.75, 3.05) is 12.4 Å². The minimum atomic E-state index is -3.33. The summed E-state index contributed by atoms with van der Waals surface area (Å²) in [6, 6.07) is 5.26. The van der Waals surface area contributed by atoms with E-state index in [0.29, 0.717) is 6.42 Å². The molecule has 0 bridgehead atoms. The smallest absolute Gasteiger partial charge is 0.212 e. The number of rotatable bonds is 7. The lowest BCUT2D eigenvalue weighted by atomic mass is 10.0. The molecule has 1 aliphatic heterocycles. The summed E-state index contributed by atoms with van der Waals surface area (Å²) in [7, 11) is -3.33. The van der Waals surface area contributed by atoms with E-state index < -0.39 is 10.0 Å². The van der Waals surface area contributed by atoms with Crippen LogP contribution in [0.25, 0.3) is 0 Å². The summed E-state index contributed by atoms with van der Waals surface area (Å²) >= 11 is 0. The fourth-order valence-corrected chi connectivity index (χ4v) is 3.98. The highest BCUT2D eigenvalue weighted by molar-refractivity contribution is 7.89.